The molecule has 2 atom stereocenters. The van der Waals surface area contributed by atoms with E-state index in [-0.39, 0.29) is 5.41 Å². The summed E-state index contributed by atoms with van der Waals surface area (Å²) in [5, 5.41) is 9.81. The molecule has 84 valence electrons. The van der Waals surface area contributed by atoms with Crippen molar-refractivity contribution in [3.63, 3.8) is 0 Å². The quantitative estimate of drug-likeness (QED) is 0.588. The minimum atomic E-state index is 0.209. The molecule has 2 aliphatic rings. The number of hydrogen-bond donors (Lipinski definition) is 1. The van der Waals surface area contributed by atoms with Gasteiger partial charge in [0.05, 0.1) is 5.76 Å². The van der Waals surface area contributed by atoms with Crippen LogP contribution in [0, 0.1) is 17.3 Å². The molecule has 0 aromatic rings. The van der Waals surface area contributed by atoms with Crippen molar-refractivity contribution in [3.05, 3.63) is 23.5 Å². The van der Waals surface area contributed by atoms with Gasteiger partial charge in [0.2, 0.25) is 0 Å². The predicted molar refractivity (Wildman–Crippen MR) is 63.7 cm³/mol. The molecule has 0 bridgehead atoms. The third-order valence-electron chi connectivity index (χ3n) is 3.87. The molecule has 0 saturated heterocycles. The Labute approximate surface area is 92.9 Å². The Morgan fingerprint density at radius 3 is 2.80 bits per heavy atom. The summed E-state index contributed by atoms with van der Waals surface area (Å²) in [6.07, 6.45) is 8.85. The van der Waals surface area contributed by atoms with Crippen molar-refractivity contribution >= 4 is 0 Å². The summed E-state index contributed by atoms with van der Waals surface area (Å²) in [6.45, 7) is 6.85. The molecule has 0 heterocycles. The van der Waals surface area contributed by atoms with Gasteiger partial charge in [-0.3, -0.25) is 0 Å². The summed E-state index contributed by atoms with van der Waals surface area (Å²) >= 11 is 0. The van der Waals surface area contributed by atoms with Crippen LogP contribution in [0.15, 0.2) is 23.5 Å². The zero-order chi connectivity index (χ0) is 11.1. The molecule has 15 heavy (non-hydrogen) atoms. The first kappa shape index (κ1) is 10.8. The Bertz CT molecular complexity index is 309. The van der Waals surface area contributed by atoms with Gasteiger partial charge in [-0.2, -0.15) is 0 Å². The fraction of sp³-hybridized carbons (Fsp3) is 0.714. The Balaban J connectivity index is 2.32. The molecule has 0 aromatic carbocycles. The van der Waals surface area contributed by atoms with Gasteiger partial charge in [0.25, 0.3) is 0 Å². The summed E-state index contributed by atoms with van der Waals surface area (Å²) in [5.74, 6) is 1.93. The Morgan fingerprint density at radius 2 is 2.07 bits per heavy atom. The average Bonchev–Trinajstić information content (AvgIpc) is 2.44. The van der Waals surface area contributed by atoms with Crippen molar-refractivity contribution in [1.29, 1.82) is 0 Å². The van der Waals surface area contributed by atoms with Crippen LogP contribution < -0.4 is 0 Å². The van der Waals surface area contributed by atoms with Crippen LogP contribution in [0.5, 0.6) is 0 Å². The molecular formula is C14H22O. The number of allylic oxidation sites excluding steroid dienone is 4. The molecule has 1 fully saturated rings. The molecule has 0 aromatic heterocycles. The van der Waals surface area contributed by atoms with E-state index in [2.05, 4.69) is 26.8 Å². The van der Waals surface area contributed by atoms with E-state index in [1.807, 2.05) is 6.08 Å². The van der Waals surface area contributed by atoms with Crippen molar-refractivity contribution in [2.24, 2.45) is 17.3 Å². The van der Waals surface area contributed by atoms with Gasteiger partial charge in [0.15, 0.2) is 0 Å². The molecule has 2 rings (SSSR count). The Kier molecular flexibility index (Phi) is 2.66. The van der Waals surface area contributed by atoms with Crippen LogP contribution in [0.25, 0.3) is 0 Å². The van der Waals surface area contributed by atoms with Crippen molar-refractivity contribution in [3.8, 4) is 0 Å². The minimum absolute atomic E-state index is 0.209. The van der Waals surface area contributed by atoms with Crippen LogP contribution in [-0.2, 0) is 0 Å². The predicted octanol–water partition coefficient (Wildman–Crippen LogP) is 4.22. The number of aliphatic hydroxyl groups is 1. The van der Waals surface area contributed by atoms with Crippen LogP contribution in [-0.4, -0.2) is 5.11 Å². The largest absolute Gasteiger partial charge is 0.513 e. The smallest absolute Gasteiger partial charge is 0.0889 e. The average molecular weight is 206 g/mol. The zero-order valence-corrected chi connectivity index (χ0v) is 10.1. The second-order valence-corrected chi connectivity index (χ2v) is 5.91. The van der Waals surface area contributed by atoms with Gasteiger partial charge in [-0.15, -0.1) is 0 Å². The molecule has 1 nitrogen and oxygen atoms in total. The number of hydrogen-bond acceptors (Lipinski definition) is 1. The first-order valence-corrected chi connectivity index (χ1v) is 6.08. The van der Waals surface area contributed by atoms with Crippen molar-refractivity contribution in [2.75, 3.05) is 0 Å². The summed E-state index contributed by atoms with van der Waals surface area (Å²) < 4.78 is 0. The van der Waals surface area contributed by atoms with Gasteiger partial charge in [0.1, 0.15) is 0 Å². The Hall–Kier alpha value is -0.720. The van der Waals surface area contributed by atoms with E-state index in [1.165, 1.54) is 12.8 Å². The van der Waals surface area contributed by atoms with Gasteiger partial charge < -0.3 is 5.11 Å². The van der Waals surface area contributed by atoms with E-state index in [1.54, 1.807) is 5.57 Å². The normalized spacial score (nSPS) is 41.8. The molecule has 0 spiro atoms. The summed E-state index contributed by atoms with van der Waals surface area (Å²) in [6, 6.07) is 0. The van der Waals surface area contributed by atoms with E-state index >= 15 is 0 Å². The summed E-state index contributed by atoms with van der Waals surface area (Å²) in [5.41, 5.74) is 1.81. The van der Waals surface area contributed by atoms with Gasteiger partial charge in [-0.1, -0.05) is 32.4 Å². The van der Waals surface area contributed by atoms with E-state index in [4.69, 9.17) is 0 Å². The highest BCUT2D eigenvalue weighted by Crippen LogP contribution is 2.43. The third kappa shape index (κ3) is 2.27. The van der Waals surface area contributed by atoms with Crippen LogP contribution in [0.1, 0.15) is 46.5 Å². The number of rotatable bonds is 0. The fourth-order valence-electron chi connectivity index (χ4n) is 2.89. The lowest BCUT2D eigenvalue weighted by Crippen LogP contribution is -2.14. The second kappa shape index (κ2) is 3.70. The first-order valence-electron chi connectivity index (χ1n) is 6.08. The van der Waals surface area contributed by atoms with Crippen LogP contribution >= 0.6 is 0 Å². The number of aliphatic hydroxyl groups excluding tert-OH is 1. The summed E-state index contributed by atoms with van der Waals surface area (Å²) in [7, 11) is 0. The van der Waals surface area contributed by atoms with E-state index in [0.717, 1.165) is 18.8 Å². The Morgan fingerprint density at radius 1 is 1.33 bits per heavy atom. The van der Waals surface area contributed by atoms with Gasteiger partial charge >= 0.3 is 0 Å². The minimum Gasteiger partial charge on any atom is -0.513 e. The van der Waals surface area contributed by atoms with Crippen molar-refractivity contribution in [1.82, 2.24) is 0 Å². The highest BCUT2D eigenvalue weighted by Gasteiger charge is 2.31. The highest BCUT2D eigenvalue weighted by molar-refractivity contribution is 5.22. The maximum Gasteiger partial charge on any atom is 0.0889 e. The van der Waals surface area contributed by atoms with Gasteiger partial charge in [-0.05, 0) is 42.6 Å². The summed E-state index contributed by atoms with van der Waals surface area (Å²) in [4.78, 5) is 0. The molecule has 0 radical (unpaired) electrons. The molecule has 1 saturated carbocycles. The standard InChI is InChI=1S/C14H22O/c1-10-4-5-11-8-12(15)6-7-14(2,3)9-13(10)11/h6,9-11,15H,4-5,7-8H2,1-3H3/b12-6+,13-9-/t10-,11-/m0/s1. The van der Waals surface area contributed by atoms with E-state index in [0.29, 0.717) is 11.7 Å². The molecule has 0 amide bonds. The second-order valence-electron chi connectivity index (χ2n) is 5.91. The maximum absolute atomic E-state index is 9.81. The molecule has 1 heteroatoms. The monoisotopic (exact) mass is 206 g/mol. The first-order chi connectivity index (χ1) is 6.98. The van der Waals surface area contributed by atoms with Crippen molar-refractivity contribution < 1.29 is 5.11 Å². The van der Waals surface area contributed by atoms with Crippen molar-refractivity contribution in [2.45, 2.75) is 46.5 Å². The lowest BCUT2D eigenvalue weighted by atomic mass is 9.80. The van der Waals surface area contributed by atoms with Crippen LogP contribution in [0.3, 0.4) is 0 Å². The van der Waals surface area contributed by atoms with Gasteiger partial charge in [-0.25, -0.2) is 0 Å². The molecular weight excluding hydrogens is 184 g/mol. The van der Waals surface area contributed by atoms with Gasteiger partial charge in [0, 0.05) is 6.42 Å². The lowest BCUT2D eigenvalue weighted by Gasteiger charge is -2.26. The molecule has 1 N–H and O–H groups in total. The van der Waals surface area contributed by atoms with Crippen LogP contribution in [0.2, 0.25) is 0 Å². The van der Waals surface area contributed by atoms with Crippen LogP contribution in [0.4, 0.5) is 0 Å². The molecule has 0 aliphatic heterocycles. The third-order valence-corrected chi connectivity index (χ3v) is 3.87. The molecule has 2 aliphatic carbocycles. The number of fused-ring (bicyclic) bond motifs is 1. The lowest BCUT2D eigenvalue weighted by molar-refractivity contribution is 0.347. The maximum atomic E-state index is 9.81. The van der Waals surface area contributed by atoms with E-state index < -0.39 is 0 Å². The zero-order valence-electron chi connectivity index (χ0n) is 10.1. The highest BCUT2D eigenvalue weighted by atomic mass is 16.3. The SMILES string of the molecule is C[C@H]1CC[C@H]2C/C(O)=C\CC(C)(C)/C=C\21. The molecule has 0 unspecified atom stereocenters. The topological polar surface area (TPSA) is 20.2 Å². The van der Waals surface area contributed by atoms with E-state index in [9.17, 15) is 5.11 Å². The fourth-order valence-corrected chi connectivity index (χ4v) is 2.89.